The van der Waals surface area contributed by atoms with E-state index in [1.807, 2.05) is 31.2 Å². The molecule has 5 heteroatoms. The maximum absolute atomic E-state index is 12.5. The number of urea groups is 1. The molecule has 2 amide bonds. The number of carbonyl (C=O) groups is 1. The van der Waals surface area contributed by atoms with E-state index in [1.54, 1.807) is 6.08 Å². The molecule has 19 heavy (non-hydrogen) atoms. The second-order valence-corrected chi connectivity index (χ2v) is 4.73. The molecule has 0 radical (unpaired) electrons. The van der Waals surface area contributed by atoms with Gasteiger partial charge >= 0.3 is 6.03 Å². The number of amides is 2. The molecule has 0 saturated heterocycles. The molecule has 5 nitrogen and oxygen atoms in total. The molecule has 2 rings (SSSR count). The maximum atomic E-state index is 12.5. The van der Waals surface area contributed by atoms with Crippen LogP contribution < -0.4 is 10.6 Å². The lowest BCUT2D eigenvalue weighted by atomic mass is 10.1. The molecular weight excluding hydrogens is 242 g/mol. The van der Waals surface area contributed by atoms with Gasteiger partial charge in [0, 0.05) is 23.9 Å². The standard InChI is InChI=1S/C14H19N3O2/c1-3-8-15-14(18)17(2,19)12-9-11-6-4-5-7-13(11)16-10-12/h4-7,9,16H,3,8,10H2,1-2H3,(H,15,18). The fourth-order valence-electron chi connectivity index (χ4n) is 1.99. The smallest absolute Gasteiger partial charge is 0.421 e. The van der Waals surface area contributed by atoms with Crippen LogP contribution in [0.3, 0.4) is 0 Å². The Balaban J connectivity index is 2.22. The Morgan fingerprint density at radius 3 is 2.95 bits per heavy atom. The number of benzene rings is 1. The van der Waals surface area contributed by atoms with Crippen LogP contribution in [0.2, 0.25) is 0 Å². The third-order valence-corrected chi connectivity index (χ3v) is 3.20. The number of nitrogens with one attached hydrogen (secondary N) is 2. The number of para-hydroxylation sites is 1. The highest BCUT2D eigenvalue weighted by molar-refractivity contribution is 5.74. The van der Waals surface area contributed by atoms with Crippen molar-refractivity contribution in [2.75, 3.05) is 25.5 Å². The van der Waals surface area contributed by atoms with Gasteiger partial charge in [-0.3, -0.25) is 0 Å². The number of likely N-dealkylation sites (N-methyl/N-ethyl adjacent to an activating group) is 1. The molecular formula is C14H19N3O2. The first-order chi connectivity index (χ1) is 9.05. The SMILES string of the molecule is CCCNC(=O)[N+](C)([O-])C1=Cc2ccccc2NC1. The van der Waals surface area contributed by atoms with E-state index in [0.717, 1.165) is 17.7 Å². The van der Waals surface area contributed by atoms with E-state index in [-0.39, 0.29) is 0 Å². The number of rotatable bonds is 3. The van der Waals surface area contributed by atoms with E-state index in [9.17, 15) is 10.0 Å². The number of carbonyl (C=O) groups excluding carboxylic acids is 1. The first-order valence-electron chi connectivity index (χ1n) is 6.45. The molecule has 0 aromatic heterocycles. The van der Waals surface area contributed by atoms with E-state index in [0.29, 0.717) is 18.8 Å². The van der Waals surface area contributed by atoms with Crippen LogP contribution in [0.4, 0.5) is 10.5 Å². The van der Waals surface area contributed by atoms with E-state index in [2.05, 4.69) is 10.6 Å². The zero-order valence-electron chi connectivity index (χ0n) is 11.3. The summed E-state index contributed by atoms with van der Waals surface area (Å²) < 4.78 is -1.01. The van der Waals surface area contributed by atoms with Gasteiger partial charge in [-0.1, -0.05) is 25.1 Å². The van der Waals surface area contributed by atoms with Crippen LogP contribution in [0.15, 0.2) is 30.0 Å². The van der Waals surface area contributed by atoms with Gasteiger partial charge in [0.05, 0.1) is 13.6 Å². The zero-order chi connectivity index (χ0) is 13.9. The quantitative estimate of drug-likeness (QED) is 0.649. The van der Waals surface area contributed by atoms with Gasteiger partial charge in [-0.15, -0.1) is 0 Å². The van der Waals surface area contributed by atoms with Gasteiger partial charge in [0.2, 0.25) is 0 Å². The summed E-state index contributed by atoms with van der Waals surface area (Å²) in [5.74, 6) is 0. The minimum atomic E-state index is -1.01. The Hall–Kier alpha value is -1.85. The molecule has 1 atom stereocenters. The summed E-state index contributed by atoms with van der Waals surface area (Å²) in [5.41, 5.74) is 2.43. The minimum absolute atomic E-state index is 0.385. The van der Waals surface area contributed by atoms with Crippen molar-refractivity contribution < 1.29 is 9.44 Å². The molecule has 0 bridgehead atoms. The van der Waals surface area contributed by atoms with Crippen LogP contribution in [0.25, 0.3) is 6.08 Å². The molecule has 1 aliphatic rings. The van der Waals surface area contributed by atoms with Crippen LogP contribution in [0.5, 0.6) is 0 Å². The van der Waals surface area contributed by atoms with Crippen LogP contribution in [-0.4, -0.2) is 30.8 Å². The number of quaternary nitrogens is 1. The molecule has 1 aliphatic heterocycles. The van der Waals surface area contributed by atoms with Gasteiger partial charge in [-0.05, 0) is 12.5 Å². The number of nitrogens with zero attached hydrogens (tertiary/aromatic N) is 1. The van der Waals surface area contributed by atoms with Crippen LogP contribution in [-0.2, 0) is 0 Å². The summed E-state index contributed by atoms with van der Waals surface area (Å²) in [5, 5.41) is 18.3. The summed E-state index contributed by atoms with van der Waals surface area (Å²) in [6.45, 7) is 2.86. The number of hydroxylamine groups is 3. The lowest BCUT2D eigenvalue weighted by molar-refractivity contribution is -0.734. The second-order valence-electron chi connectivity index (χ2n) is 4.73. The largest absolute Gasteiger partial charge is 0.619 e. The molecule has 0 saturated carbocycles. The maximum Gasteiger partial charge on any atom is 0.421 e. The summed E-state index contributed by atoms with van der Waals surface area (Å²) in [6, 6.07) is 7.20. The highest BCUT2D eigenvalue weighted by Gasteiger charge is 2.29. The number of hydrogen-bond acceptors (Lipinski definition) is 3. The molecule has 1 aromatic rings. The van der Waals surface area contributed by atoms with Crippen molar-refractivity contribution in [2.24, 2.45) is 0 Å². The van der Waals surface area contributed by atoms with Gasteiger partial charge < -0.3 is 15.8 Å². The topological polar surface area (TPSA) is 64.2 Å². The van der Waals surface area contributed by atoms with Crippen molar-refractivity contribution >= 4 is 17.8 Å². The normalized spacial score (nSPS) is 16.7. The van der Waals surface area contributed by atoms with Crippen molar-refractivity contribution in [3.05, 3.63) is 40.7 Å². The van der Waals surface area contributed by atoms with Gasteiger partial charge in [-0.2, -0.15) is 0 Å². The molecule has 0 aliphatic carbocycles. The molecule has 1 unspecified atom stereocenters. The van der Waals surface area contributed by atoms with E-state index >= 15 is 0 Å². The van der Waals surface area contributed by atoms with E-state index in [1.165, 1.54) is 7.05 Å². The Kier molecular flexibility index (Phi) is 3.87. The third-order valence-electron chi connectivity index (χ3n) is 3.20. The third kappa shape index (κ3) is 2.77. The Morgan fingerprint density at radius 1 is 1.47 bits per heavy atom. The van der Waals surface area contributed by atoms with Crippen LogP contribution in [0.1, 0.15) is 18.9 Å². The van der Waals surface area contributed by atoms with Crippen LogP contribution in [0, 0.1) is 5.21 Å². The Labute approximate surface area is 113 Å². The Morgan fingerprint density at radius 2 is 2.21 bits per heavy atom. The fraction of sp³-hybridized carbons (Fsp3) is 0.357. The molecule has 1 heterocycles. The van der Waals surface area contributed by atoms with Gasteiger partial charge in [0.1, 0.15) is 5.70 Å². The number of anilines is 1. The average molecular weight is 261 g/mol. The summed E-state index contributed by atoms with van der Waals surface area (Å²) in [6.07, 6.45) is 2.61. The lowest BCUT2D eigenvalue weighted by Crippen LogP contribution is -2.51. The van der Waals surface area contributed by atoms with Gasteiger partial charge in [0.25, 0.3) is 0 Å². The fourth-order valence-corrected chi connectivity index (χ4v) is 1.99. The van der Waals surface area contributed by atoms with Crippen molar-refractivity contribution in [3.8, 4) is 0 Å². The molecule has 0 spiro atoms. The molecule has 2 N–H and O–H groups in total. The first-order valence-corrected chi connectivity index (χ1v) is 6.45. The van der Waals surface area contributed by atoms with Crippen molar-refractivity contribution in [3.63, 3.8) is 0 Å². The summed E-state index contributed by atoms with van der Waals surface area (Å²) in [4.78, 5) is 11.9. The monoisotopic (exact) mass is 261 g/mol. The zero-order valence-corrected chi connectivity index (χ0v) is 11.3. The predicted molar refractivity (Wildman–Crippen MR) is 76.1 cm³/mol. The second kappa shape index (κ2) is 5.42. The number of hydrogen-bond donors (Lipinski definition) is 2. The highest BCUT2D eigenvalue weighted by atomic mass is 16.6. The lowest BCUT2D eigenvalue weighted by Gasteiger charge is -2.38. The van der Waals surface area contributed by atoms with Crippen molar-refractivity contribution in [1.29, 1.82) is 0 Å². The number of fused-ring (bicyclic) bond motifs is 1. The van der Waals surface area contributed by atoms with Gasteiger partial charge in [-0.25, -0.2) is 9.44 Å². The van der Waals surface area contributed by atoms with E-state index in [4.69, 9.17) is 0 Å². The van der Waals surface area contributed by atoms with Crippen molar-refractivity contribution in [2.45, 2.75) is 13.3 Å². The van der Waals surface area contributed by atoms with E-state index < -0.39 is 10.7 Å². The highest BCUT2D eigenvalue weighted by Crippen LogP contribution is 2.27. The molecule has 102 valence electrons. The predicted octanol–water partition coefficient (Wildman–Crippen LogP) is 2.52. The van der Waals surface area contributed by atoms with Crippen LogP contribution >= 0.6 is 0 Å². The first kappa shape index (κ1) is 13.6. The molecule has 1 aromatic carbocycles. The average Bonchev–Trinajstić information content (AvgIpc) is 2.44. The van der Waals surface area contributed by atoms with Gasteiger partial charge in [0.15, 0.2) is 0 Å². The summed E-state index contributed by atoms with van der Waals surface area (Å²) in [7, 11) is 1.37. The summed E-state index contributed by atoms with van der Waals surface area (Å²) >= 11 is 0. The van der Waals surface area contributed by atoms with Crippen molar-refractivity contribution in [1.82, 2.24) is 5.32 Å². The molecule has 0 fully saturated rings. The Bertz CT molecular complexity index is 509. The minimum Gasteiger partial charge on any atom is -0.619 e.